The maximum atomic E-state index is 12.2. The van der Waals surface area contributed by atoms with Gasteiger partial charge in [0.1, 0.15) is 0 Å². The molecular weight excluding hydrogens is 505 g/mol. The Morgan fingerprint density at radius 2 is 2.03 bits per heavy atom. The van der Waals surface area contributed by atoms with Gasteiger partial charge in [-0.3, -0.25) is 0 Å². The molecule has 1 aromatic heterocycles. The number of nitrogens with zero attached hydrogens (tertiary/aromatic N) is 2. The van der Waals surface area contributed by atoms with Gasteiger partial charge in [-0.15, -0.1) is 0 Å². The Kier molecular flexibility index (Phi) is 9.44. The summed E-state index contributed by atoms with van der Waals surface area (Å²) in [5.41, 5.74) is 3.23. The standard InChI is InChI=1S/C20H28IN3O4S/c1-6-27-18-9-8-15(10-14(18)3)11-21(4)23-13-17-16(19(25)28-7-2)12-22-20(24-17)29(5)26/h8-10,12,23H,6-7,11,13H2,1-5H3. The Morgan fingerprint density at radius 1 is 1.28 bits per heavy atom. The van der Waals surface area contributed by atoms with Gasteiger partial charge in [0.05, 0.1) is 0 Å². The molecule has 160 valence electrons. The number of alkyl halides is 2. The Labute approximate surface area is 182 Å². The molecule has 29 heavy (non-hydrogen) atoms. The molecule has 0 bridgehead atoms. The van der Waals surface area contributed by atoms with Gasteiger partial charge in [0, 0.05) is 0 Å². The van der Waals surface area contributed by atoms with Crippen molar-refractivity contribution < 1.29 is 18.5 Å². The van der Waals surface area contributed by atoms with Crippen molar-refractivity contribution in [3.8, 4) is 5.75 Å². The molecule has 0 aliphatic rings. The van der Waals surface area contributed by atoms with Gasteiger partial charge in [-0.2, -0.15) is 0 Å². The summed E-state index contributed by atoms with van der Waals surface area (Å²) < 4.78 is 26.9. The van der Waals surface area contributed by atoms with Crippen LogP contribution in [0.15, 0.2) is 29.6 Å². The number of nitrogens with one attached hydrogen (secondary N) is 1. The Bertz CT molecular complexity index is 879. The molecule has 0 amide bonds. The second-order valence-corrected chi connectivity index (χ2v) is 12.4. The fourth-order valence-electron chi connectivity index (χ4n) is 2.62. The van der Waals surface area contributed by atoms with Gasteiger partial charge < -0.3 is 0 Å². The zero-order chi connectivity index (χ0) is 21.4. The average molecular weight is 533 g/mol. The molecule has 0 saturated heterocycles. The molecule has 9 heteroatoms. The van der Waals surface area contributed by atoms with Crippen LogP contribution in [0.2, 0.25) is 0 Å². The SMILES string of the molecule is CCOC(=O)c1cnc(S(C)=O)nc1CNI(C)Cc1ccc(OCC)c(C)c1. The molecule has 0 radical (unpaired) electrons. The number of carbonyl (C=O) groups excluding carboxylic acids is 1. The van der Waals surface area contributed by atoms with Crippen molar-refractivity contribution in [2.45, 2.75) is 36.9 Å². The summed E-state index contributed by atoms with van der Waals surface area (Å²) in [6.07, 6.45) is 2.92. The monoisotopic (exact) mass is 533 g/mol. The molecule has 1 N–H and O–H groups in total. The minimum absolute atomic E-state index is 0.216. The number of halogens is 1. The minimum atomic E-state index is -1.53. The quantitative estimate of drug-likeness (QED) is 0.165. The van der Waals surface area contributed by atoms with Crippen molar-refractivity contribution in [2.75, 3.05) is 24.4 Å². The number of hydrogen-bond donors (Lipinski definition) is 1. The molecule has 7 nitrogen and oxygen atoms in total. The van der Waals surface area contributed by atoms with E-state index in [1.54, 1.807) is 6.92 Å². The molecule has 1 heterocycles. The summed E-state index contributed by atoms with van der Waals surface area (Å²) >= 11 is -1.53. The molecule has 1 unspecified atom stereocenters. The van der Waals surface area contributed by atoms with Crippen LogP contribution in [0, 0.1) is 6.92 Å². The summed E-state index contributed by atoms with van der Waals surface area (Å²) in [5.74, 6) is 0.456. The second kappa shape index (κ2) is 11.6. The van der Waals surface area contributed by atoms with Gasteiger partial charge in [0.2, 0.25) is 0 Å². The molecule has 0 aliphatic carbocycles. The zero-order valence-electron chi connectivity index (χ0n) is 17.5. The van der Waals surface area contributed by atoms with Crippen LogP contribution in [0.4, 0.5) is 0 Å². The third-order valence-corrected chi connectivity index (χ3v) is 8.37. The molecule has 2 rings (SSSR count). The second-order valence-electron chi connectivity index (χ2n) is 6.25. The molecule has 0 fully saturated rings. The van der Waals surface area contributed by atoms with Crippen molar-refractivity contribution in [3.05, 3.63) is 46.8 Å². The van der Waals surface area contributed by atoms with E-state index in [2.05, 4.69) is 37.5 Å². The normalized spacial score (nSPS) is 12.4. The maximum absolute atomic E-state index is 12.2. The number of ether oxygens (including phenoxy) is 2. The third kappa shape index (κ3) is 7.00. The number of carbonyl (C=O) groups is 1. The Morgan fingerprint density at radius 3 is 2.66 bits per heavy atom. The molecule has 1 atom stereocenters. The summed E-state index contributed by atoms with van der Waals surface area (Å²) in [4.78, 5) is 22.8. The topological polar surface area (TPSA) is 90.4 Å². The predicted molar refractivity (Wildman–Crippen MR) is 123 cm³/mol. The molecule has 1 aromatic carbocycles. The van der Waals surface area contributed by atoms with Crippen LogP contribution in [0.1, 0.15) is 41.0 Å². The number of aryl methyl sites for hydroxylation is 1. The molecule has 0 aliphatic heterocycles. The summed E-state index contributed by atoms with van der Waals surface area (Å²) in [6, 6.07) is 6.28. The summed E-state index contributed by atoms with van der Waals surface area (Å²) in [5, 5.41) is 0.216. The van der Waals surface area contributed by atoms with Crippen LogP contribution in [-0.4, -0.2) is 44.5 Å². The van der Waals surface area contributed by atoms with E-state index < -0.39 is 36.9 Å². The first-order chi connectivity index (χ1) is 13.8. The van der Waals surface area contributed by atoms with Crippen LogP contribution >= 0.6 is 20.1 Å². The molecule has 2 aromatic rings. The van der Waals surface area contributed by atoms with Gasteiger partial charge in [0.25, 0.3) is 0 Å². The fourth-order valence-corrected chi connectivity index (χ4v) is 6.14. The van der Waals surface area contributed by atoms with Crippen molar-refractivity contribution in [2.24, 2.45) is 0 Å². The van der Waals surface area contributed by atoms with E-state index in [0.29, 0.717) is 24.4 Å². The van der Waals surface area contributed by atoms with Gasteiger partial charge in [-0.05, 0) is 0 Å². The fraction of sp³-hybridized carbons (Fsp3) is 0.450. The van der Waals surface area contributed by atoms with Crippen LogP contribution in [0.25, 0.3) is 0 Å². The van der Waals surface area contributed by atoms with Crippen molar-refractivity contribution >= 4 is 36.9 Å². The van der Waals surface area contributed by atoms with Gasteiger partial charge in [0.15, 0.2) is 0 Å². The number of esters is 1. The Hall–Kier alpha value is -1.59. The Balaban J connectivity index is 2.09. The van der Waals surface area contributed by atoms with E-state index in [1.807, 2.05) is 13.0 Å². The number of aromatic nitrogens is 2. The van der Waals surface area contributed by atoms with Crippen LogP contribution in [-0.2, 0) is 26.5 Å². The van der Waals surface area contributed by atoms with E-state index >= 15 is 0 Å². The van der Waals surface area contributed by atoms with Crippen molar-refractivity contribution in [1.29, 1.82) is 0 Å². The van der Waals surface area contributed by atoms with Gasteiger partial charge >= 0.3 is 183 Å². The molecular formula is C20H28IN3O4S. The van der Waals surface area contributed by atoms with Crippen molar-refractivity contribution in [3.63, 3.8) is 0 Å². The van der Waals surface area contributed by atoms with E-state index in [4.69, 9.17) is 9.47 Å². The van der Waals surface area contributed by atoms with E-state index in [-0.39, 0.29) is 11.8 Å². The van der Waals surface area contributed by atoms with Crippen LogP contribution in [0.5, 0.6) is 5.75 Å². The van der Waals surface area contributed by atoms with Gasteiger partial charge in [-0.25, -0.2) is 0 Å². The van der Waals surface area contributed by atoms with Crippen LogP contribution < -0.4 is 8.27 Å². The number of hydrogen-bond acceptors (Lipinski definition) is 7. The van der Waals surface area contributed by atoms with E-state index in [0.717, 1.165) is 15.7 Å². The predicted octanol–water partition coefficient (Wildman–Crippen LogP) is 3.44. The summed E-state index contributed by atoms with van der Waals surface area (Å²) in [7, 11) is -1.32. The first kappa shape index (κ1) is 23.7. The molecule has 0 saturated carbocycles. The van der Waals surface area contributed by atoms with E-state index in [1.165, 1.54) is 18.0 Å². The first-order valence-electron chi connectivity index (χ1n) is 9.23. The van der Waals surface area contributed by atoms with Gasteiger partial charge in [-0.1, -0.05) is 0 Å². The van der Waals surface area contributed by atoms with Crippen molar-refractivity contribution in [1.82, 2.24) is 13.5 Å². The first-order valence-corrected chi connectivity index (χ1v) is 15.6. The third-order valence-electron chi connectivity index (χ3n) is 3.95. The average Bonchev–Trinajstić information content (AvgIpc) is 2.68. The van der Waals surface area contributed by atoms with Crippen LogP contribution in [0.3, 0.4) is 0 Å². The number of rotatable bonds is 10. The molecule has 0 spiro atoms. The summed E-state index contributed by atoms with van der Waals surface area (Å²) in [6.45, 7) is 7.12. The number of benzene rings is 1. The van der Waals surface area contributed by atoms with E-state index in [9.17, 15) is 9.00 Å². The zero-order valence-corrected chi connectivity index (χ0v) is 20.4.